The second kappa shape index (κ2) is 6.07. The molecule has 0 saturated heterocycles. The molecule has 2 heterocycles. The predicted molar refractivity (Wildman–Crippen MR) is 89.5 cm³/mol. The van der Waals surface area contributed by atoms with E-state index in [0.29, 0.717) is 18.7 Å². The number of para-hydroxylation sites is 1. The van der Waals surface area contributed by atoms with Crippen LogP contribution in [0.3, 0.4) is 0 Å². The molecule has 0 radical (unpaired) electrons. The molecule has 0 bridgehead atoms. The van der Waals surface area contributed by atoms with Crippen LogP contribution in [0, 0.1) is 5.82 Å². The summed E-state index contributed by atoms with van der Waals surface area (Å²) in [6, 6.07) is 14.0. The Hall–Kier alpha value is -2.69. The van der Waals surface area contributed by atoms with Gasteiger partial charge in [-0.05, 0) is 42.2 Å². The van der Waals surface area contributed by atoms with Crippen molar-refractivity contribution < 1.29 is 14.0 Å². The van der Waals surface area contributed by atoms with Crippen molar-refractivity contribution in [1.29, 1.82) is 0 Å². The Morgan fingerprint density at radius 2 is 1.96 bits per heavy atom. The van der Waals surface area contributed by atoms with E-state index < -0.39 is 6.10 Å². The molecule has 1 amide bonds. The first-order valence-electron chi connectivity index (χ1n) is 8.10. The number of amides is 1. The summed E-state index contributed by atoms with van der Waals surface area (Å²) < 4.78 is 13.0. The van der Waals surface area contributed by atoms with Crippen LogP contribution in [-0.2, 0) is 16.1 Å². The summed E-state index contributed by atoms with van der Waals surface area (Å²) in [5, 5.41) is 4.04. The van der Waals surface area contributed by atoms with Crippen LogP contribution in [-0.4, -0.2) is 24.3 Å². The Bertz CT molecular complexity index is 801. The topological polar surface area (TPSA) is 41.9 Å². The van der Waals surface area contributed by atoms with Crippen LogP contribution in [0.4, 0.5) is 10.1 Å². The van der Waals surface area contributed by atoms with E-state index in [-0.39, 0.29) is 11.7 Å². The molecule has 0 saturated carbocycles. The summed E-state index contributed by atoms with van der Waals surface area (Å²) >= 11 is 0. The van der Waals surface area contributed by atoms with Gasteiger partial charge in [-0.15, -0.1) is 0 Å². The van der Waals surface area contributed by atoms with Gasteiger partial charge >= 0.3 is 0 Å². The zero-order valence-corrected chi connectivity index (χ0v) is 13.1. The van der Waals surface area contributed by atoms with Gasteiger partial charge in [0.1, 0.15) is 5.82 Å². The fourth-order valence-corrected chi connectivity index (χ4v) is 3.26. The van der Waals surface area contributed by atoms with Crippen LogP contribution in [0.5, 0.6) is 0 Å². The number of oxime groups is 1. The molecule has 4 nitrogen and oxygen atoms in total. The van der Waals surface area contributed by atoms with Gasteiger partial charge in [-0.2, -0.15) is 0 Å². The van der Waals surface area contributed by atoms with Gasteiger partial charge in [0.2, 0.25) is 6.10 Å². The maximum absolute atomic E-state index is 13.0. The minimum absolute atomic E-state index is 0.0667. The van der Waals surface area contributed by atoms with Gasteiger partial charge in [0.15, 0.2) is 0 Å². The van der Waals surface area contributed by atoms with Gasteiger partial charge in [0.05, 0.1) is 5.71 Å². The zero-order valence-electron chi connectivity index (χ0n) is 13.1. The first-order chi connectivity index (χ1) is 11.7. The lowest BCUT2D eigenvalue weighted by atomic mass is 10.00. The lowest BCUT2D eigenvalue weighted by Crippen LogP contribution is -2.42. The highest BCUT2D eigenvalue weighted by atomic mass is 19.1. The van der Waals surface area contributed by atoms with Crippen LogP contribution < -0.4 is 4.90 Å². The average Bonchev–Trinajstić information content (AvgIpc) is 3.11. The van der Waals surface area contributed by atoms with Gasteiger partial charge < -0.3 is 9.74 Å². The minimum atomic E-state index is -0.615. The molecule has 0 aliphatic carbocycles. The van der Waals surface area contributed by atoms with E-state index in [1.165, 1.54) is 17.7 Å². The van der Waals surface area contributed by atoms with Gasteiger partial charge in [-0.25, -0.2) is 4.39 Å². The number of halogens is 1. The molecular formula is C19H17FN2O2. The number of carbonyl (C=O) groups is 1. The SMILES string of the molecule is O=C([C@@H]1CC(c2ccc(F)cc2)=NO1)N1CCCc2ccccc21. The minimum Gasteiger partial charge on any atom is -0.382 e. The van der Waals surface area contributed by atoms with Crippen molar-refractivity contribution in [3.8, 4) is 0 Å². The van der Waals surface area contributed by atoms with Gasteiger partial charge in [-0.3, -0.25) is 4.79 Å². The first kappa shape index (κ1) is 14.9. The molecule has 122 valence electrons. The van der Waals surface area contributed by atoms with Gasteiger partial charge in [0.25, 0.3) is 5.91 Å². The molecule has 2 aliphatic rings. The van der Waals surface area contributed by atoms with E-state index in [0.717, 1.165) is 24.1 Å². The lowest BCUT2D eigenvalue weighted by Gasteiger charge is -2.30. The highest BCUT2D eigenvalue weighted by Gasteiger charge is 2.34. The first-order valence-corrected chi connectivity index (χ1v) is 8.10. The fraction of sp³-hybridized carbons (Fsp3) is 0.263. The van der Waals surface area contributed by atoms with E-state index >= 15 is 0 Å². The number of aryl methyl sites for hydroxylation is 1. The van der Waals surface area contributed by atoms with Crippen LogP contribution in [0.25, 0.3) is 0 Å². The van der Waals surface area contributed by atoms with Crippen molar-refractivity contribution in [2.75, 3.05) is 11.4 Å². The molecule has 1 atom stereocenters. The van der Waals surface area contributed by atoms with E-state index in [1.807, 2.05) is 18.2 Å². The molecule has 0 aromatic heterocycles. The highest BCUT2D eigenvalue weighted by Crippen LogP contribution is 2.29. The lowest BCUT2D eigenvalue weighted by molar-refractivity contribution is -0.128. The summed E-state index contributed by atoms with van der Waals surface area (Å²) in [6.07, 6.45) is 1.73. The Kier molecular flexibility index (Phi) is 3.76. The van der Waals surface area contributed by atoms with Crippen molar-refractivity contribution in [3.05, 3.63) is 65.5 Å². The summed E-state index contributed by atoms with van der Waals surface area (Å²) in [5.74, 6) is -0.362. The predicted octanol–water partition coefficient (Wildman–Crippen LogP) is 3.30. The number of rotatable bonds is 2. The standard InChI is InChI=1S/C19H17FN2O2/c20-15-9-7-13(8-10-15)16-12-18(24-21-16)19(23)22-11-3-5-14-4-1-2-6-17(14)22/h1-2,4,6-10,18H,3,5,11-12H2/t18-/m0/s1. The van der Waals surface area contributed by atoms with E-state index in [1.54, 1.807) is 17.0 Å². The molecule has 2 aromatic carbocycles. The van der Waals surface area contributed by atoms with E-state index in [4.69, 9.17) is 4.84 Å². The van der Waals surface area contributed by atoms with E-state index in [9.17, 15) is 9.18 Å². The molecule has 0 spiro atoms. The fourth-order valence-electron chi connectivity index (χ4n) is 3.26. The van der Waals surface area contributed by atoms with Crippen LogP contribution >= 0.6 is 0 Å². The molecular weight excluding hydrogens is 307 g/mol. The monoisotopic (exact) mass is 324 g/mol. The van der Waals surface area contributed by atoms with Gasteiger partial charge in [0, 0.05) is 18.7 Å². The largest absolute Gasteiger partial charge is 0.382 e. The molecule has 4 rings (SSSR count). The van der Waals surface area contributed by atoms with Crippen molar-refractivity contribution in [2.24, 2.45) is 5.16 Å². The summed E-state index contributed by atoms with van der Waals surface area (Å²) in [4.78, 5) is 20.0. The Morgan fingerprint density at radius 3 is 2.79 bits per heavy atom. The smallest absolute Gasteiger partial charge is 0.271 e. The summed E-state index contributed by atoms with van der Waals surface area (Å²) in [6.45, 7) is 0.696. The van der Waals surface area contributed by atoms with E-state index in [2.05, 4.69) is 11.2 Å². The third-order valence-electron chi connectivity index (χ3n) is 4.50. The number of hydrogen-bond donors (Lipinski definition) is 0. The molecule has 2 aromatic rings. The third-order valence-corrected chi connectivity index (χ3v) is 4.50. The summed E-state index contributed by atoms with van der Waals surface area (Å²) in [7, 11) is 0. The molecule has 0 unspecified atom stereocenters. The summed E-state index contributed by atoms with van der Waals surface area (Å²) in [5.41, 5.74) is 3.62. The molecule has 24 heavy (non-hydrogen) atoms. The normalized spacial score (nSPS) is 19.5. The third kappa shape index (κ3) is 2.66. The maximum Gasteiger partial charge on any atom is 0.271 e. The van der Waals surface area contributed by atoms with Crippen molar-refractivity contribution in [3.63, 3.8) is 0 Å². The van der Waals surface area contributed by atoms with Crippen molar-refractivity contribution in [2.45, 2.75) is 25.4 Å². The van der Waals surface area contributed by atoms with Gasteiger partial charge in [-0.1, -0.05) is 35.5 Å². The van der Waals surface area contributed by atoms with Crippen molar-refractivity contribution in [1.82, 2.24) is 0 Å². The highest BCUT2D eigenvalue weighted by molar-refractivity contribution is 6.07. The Balaban J connectivity index is 1.50. The Morgan fingerprint density at radius 1 is 1.17 bits per heavy atom. The van der Waals surface area contributed by atoms with Crippen molar-refractivity contribution >= 4 is 17.3 Å². The molecule has 0 N–H and O–H groups in total. The maximum atomic E-state index is 13.0. The number of anilines is 1. The van der Waals surface area contributed by atoms with Crippen LogP contribution in [0.2, 0.25) is 0 Å². The number of benzene rings is 2. The number of carbonyl (C=O) groups excluding carboxylic acids is 1. The molecule has 0 fully saturated rings. The number of nitrogens with zero attached hydrogens (tertiary/aromatic N) is 2. The average molecular weight is 324 g/mol. The molecule has 2 aliphatic heterocycles. The second-order valence-corrected chi connectivity index (χ2v) is 6.07. The van der Waals surface area contributed by atoms with Crippen LogP contribution in [0.1, 0.15) is 24.0 Å². The number of hydrogen-bond acceptors (Lipinski definition) is 3. The zero-order chi connectivity index (χ0) is 16.5. The Labute approximate surface area is 139 Å². The molecule has 5 heteroatoms. The van der Waals surface area contributed by atoms with Crippen LogP contribution in [0.15, 0.2) is 53.7 Å². The second-order valence-electron chi connectivity index (χ2n) is 6.07. The quantitative estimate of drug-likeness (QED) is 0.850. The number of fused-ring (bicyclic) bond motifs is 1.